The first-order chi connectivity index (χ1) is 13.9. The van der Waals surface area contributed by atoms with Gasteiger partial charge in [0.15, 0.2) is 0 Å². The molecule has 2 aromatic rings. The van der Waals surface area contributed by atoms with Gasteiger partial charge in [0, 0.05) is 50.7 Å². The third kappa shape index (κ3) is 4.70. The molecule has 3 rings (SSSR count). The van der Waals surface area contributed by atoms with Gasteiger partial charge in [-0.1, -0.05) is 0 Å². The Morgan fingerprint density at radius 1 is 1.24 bits per heavy atom. The maximum absolute atomic E-state index is 12.7. The summed E-state index contributed by atoms with van der Waals surface area (Å²) in [6.07, 6.45) is 2.59. The second-order valence-corrected chi connectivity index (χ2v) is 7.19. The Morgan fingerprint density at radius 3 is 2.69 bits per heavy atom. The second kappa shape index (κ2) is 8.98. The zero-order valence-corrected chi connectivity index (χ0v) is 17.0. The van der Waals surface area contributed by atoms with Crippen molar-refractivity contribution >= 4 is 11.9 Å². The largest absolute Gasteiger partial charge is 0.490 e. The van der Waals surface area contributed by atoms with Crippen LogP contribution in [-0.2, 0) is 28.9 Å². The number of carbonyl (C=O) groups is 2. The van der Waals surface area contributed by atoms with Crippen molar-refractivity contribution in [3.63, 3.8) is 0 Å². The van der Waals surface area contributed by atoms with Gasteiger partial charge < -0.3 is 23.4 Å². The van der Waals surface area contributed by atoms with E-state index in [0.717, 1.165) is 5.76 Å². The van der Waals surface area contributed by atoms with Gasteiger partial charge in [-0.3, -0.25) is 9.59 Å². The van der Waals surface area contributed by atoms with E-state index in [1.807, 2.05) is 19.9 Å². The highest BCUT2D eigenvalue weighted by atomic mass is 16.5. The molecular formula is C21H26N2O6. The highest BCUT2D eigenvalue weighted by Crippen LogP contribution is 2.25. The molecule has 0 N–H and O–H groups in total. The van der Waals surface area contributed by atoms with Crippen molar-refractivity contribution < 1.29 is 23.5 Å². The normalized spacial score (nSPS) is 13.7. The van der Waals surface area contributed by atoms with Crippen LogP contribution in [0.25, 0.3) is 0 Å². The molecule has 0 fully saturated rings. The predicted molar refractivity (Wildman–Crippen MR) is 105 cm³/mol. The lowest BCUT2D eigenvalue weighted by atomic mass is 10.1. The molecule has 29 heavy (non-hydrogen) atoms. The summed E-state index contributed by atoms with van der Waals surface area (Å²) in [5.41, 5.74) is 0.542. The molecule has 1 amide bonds. The molecule has 0 spiro atoms. The molecule has 0 aromatic carbocycles. The number of rotatable bonds is 6. The third-order valence-corrected chi connectivity index (χ3v) is 4.86. The number of fused-ring (bicyclic) bond motifs is 1. The molecule has 2 aromatic heterocycles. The average molecular weight is 402 g/mol. The number of pyridine rings is 1. The molecule has 0 aliphatic carbocycles. The van der Waals surface area contributed by atoms with Crippen LogP contribution in [0.3, 0.4) is 0 Å². The minimum atomic E-state index is -0.554. The fourth-order valence-electron chi connectivity index (χ4n) is 3.51. The van der Waals surface area contributed by atoms with Crippen LogP contribution in [0.2, 0.25) is 0 Å². The van der Waals surface area contributed by atoms with Crippen LogP contribution in [0.1, 0.15) is 42.1 Å². The van der Waals surface area contributed by atoms with Gasteiger partial charge in [0.1, 0.15) is 17.1 Å². The van der Waals surface area contributed by atoms with E-state index in [0.29, 0.717) is 44.6 Å². The van der Waals surface area contributed by atoms with Crippen LogP contribution < -0.4 is 10.3 Å². The average Bonchev–Trinajstić information content (AvgIpc) is 3.10. The highest BCUT2D eigenvalue weighted by molar-refractivity contribution is 5.93. The molecule has 0 radical (unpaired) electrons. The number of nitrogens with zero attached hydrogens (tertiary/aromatic N) is 2. The zero-order valence-electron chi connectivity index (χ0n) is 17.0. The fourth-order valence-corrected chi connectivity index (χ4v) is 3.51. The molecule has 0 unspecified atom stereocenters. The van der Waals surface area contributed by atoms with Crippen LogP contribution >= 0.6 is 0 Å². The molecule has 0 bridgehead atoms. The summed E-state index contributed by atoms with van der Waals surface area (Å²) in [6, 6.07) is 4.95. The number of carbonyl (C=O) groups excluding carboxylic acids is 2. The quantitative estimate of drug-likeness (QED) is 0.687. The van der Waals surface area contributed by atoms with E-state index >= 15 is 0 Å². The molecule has 1 aliphatic rings. The Morgan fingerprint density at radius 2 is 2.03 bits per heavy atom. The molecule has 0 saturated carbocycles. The van der Waals surface area contributed by atoms with Gasteiger partial charge in [0.05, 0.1) is 19.5 Å². The van der Waals surface area contributed by atoms with E-state index in [1.165, 1.54) is 13.2 Å². The number of amides is 1. The number of hydrogen-bond acceptors (Lipinski definition) is 6. The first-order valence-electron chi connectivity index (χ1n) is 9.72. The Balaban J connectivity index is 1.83. The first kappa shape index (κ1) is 20.7. The summed E-state index contributed by atoms with van der Waals surface area (Å²) in [5, 5.41) is 0. The monoisotopic (exact) mass is 402 g/mol. The number of esters is 1. The van der Waals surface area contributed by atoms with Gasteiger partial charge in [0.2, 0.25) is 5.91 Å². The van der Waals surface area contributed by atoms with Crippen molar-refractivity contribution in [3.05, 3.63) is 51.8 Å². The summed E-state index contributed by atoms with van der Waals surface area (Å²) in [6.45, 7) is 4.76. The van der Waals surface area contributed by atoms with Crippen LogP contribution in [0.5, 0.6) is 5.75 Å². The number of furan rings is 1. The summed E-state index contributed by atoms with van der Waals surface area (Å²) in [5.74, 6) is 0.416. The van der Waals surface area contributed by atoms with E-state index in [4.69, 9.17) is 13.9 Å². The number of aryl methyl sites for hydroxylation is 1. The van der Waals surface area contributed by atoms with Gasteiger partial charge in [-0.05, 0) is 26.0 Å². The topological polar surface area (TPSA) is 91.0 Å². The molecule has 0 atom stereocenters. The number of aromatic nitrogens is 1. The van der Waals surface area contributed by atoms with E-state index in [9.17, 15) is 14.4 Å². The lowest BCUT2D eigenvalue weighted by Gasteiger charge is -2.19. The van der Waals surface area contributed by atoms with Gasteiger partial charge in [0.25, 0.3) is 5.56 Å². The van der Waals surface area contributed by atoms with Gasteiger partial charge in [-0.25, -0.2) is 4.79 Å². The fraction of sp³-hybridized carbons (Fsp3) is 0.476. The summed E-state index contributed by atoms with van der Waals surface area (Å²) in [7, 11) is 1.30. The van der Waals surface area contributed by atoms with Crippen molar-refractivity contribution in [2.75, 3.05) is 20.2 Å². The molecular weight excluding hydrogens is 376 g/mol. The molecule has 3 heterocycles. The standard InChI is InChI=1S/C21H26N2O6/c1-14(2)29-17-13-19(25)23-11-10-22(9-8-16(23)20(17)21(26)27-3)18(24)7-6-15-5-4-12-28-15/h4-5,12-14H,6-11H2,1-3H3. The van der Waals surface area contributed by atoms with E-state index in [2.05, 4.69) is 0 Å². The predicted octanol–water partition coefficient (Wildman–Crippen LogP) is 2.03. The van der Waals surface area contributed by atoms with E-state index in [-0.39, 0.29) is 28.9 Å². The first-order valence-corrected chi connectivity index (χ1v) is 9.72. The maximum atomic E-state index is 12.7. The van der Waals surface area contributed by atoms with Gasteiger partial charge in [-0.15, -0.1) is 0 Å². The maximum Gasteiger partial charge on any atom is 0.343 e. The molecule has 1 aliphatic heterocycles. The van der Waals surface area contributed by atoms with E-state index in [1.54, 1.807) is 21.8 Å². The summed E-state index contributed by atoms with van der Waals surface area (Å²) >= 11 is 0. The Labute approximate surface area is 169 Å². The van der Waals surface area contributed by atoms with Crippen molar-refractivity contribution in [1.82, 2.24) is 9.47 Å². The molecule has 0 saturated heterocycles. The van der Waals surface area contributed by atoms with Crippen LogP contribution in [-0.4, -0.2) is 47.6 Å². The lowest BCUT2D eigenvalue weighted by molar-refractivity contribution is -0.131. The second-order valence-electron chi connectivity index (χ2n) is 7.19. The minimum Gasteiger partial charge on any atom is -0.490 e. The SMILES string of the molecule is COC(=O)c1c(OC(C)C)cc(=O)n2c1CCN(C(=O)CCc1ccco1)CC2. The minimum absolute atomic E-state index is 0.0134. The highest BCUT2D eigenvalue weighted by Gasteiger charge is 2.27. The molecule has 156 valence electrons. The van der Waals surface area contributed by atoms with Crippen molar-refractivity contribution in [1.29, 1.82) is 0 Å². The van der Waals surface area contributed by atoms with E-state index < -0.39 is 5.97 Å². The van der Waals surface area contributed by atoms with Gasteiger partial charge in [-0.2, -0.15) is 0 Å². The Bertz CT molecular complexity index is 929. The number of hydrogen-bond donors (Lipinski definition) is 0. The van der Waals surface area contributed by atoms with Crippen LogP contribution in [0.4, 0.5) is 0 Å². The van der Waals surface area contributed by atoms with Crippen molar-refractivity contribution in [3.8, 4) is 5.75 Å². The summed E-state index contributed by atoms with van der Waals surface area (Å²) < 4.78 is 17.5. The number of methoxy groups -OCH3 is 1. The van der Waals surface area contributed by atoms with Crippen LogP contribution in [0, 0.1) is 0 Å². The number of ether oxygens (including phenoxy) is 2. The van der Waals surface area contributed by atoms with Crippen molar-refractivity contribution in [2.45, 2.75) is 45.8 Å². The zero-order chi connectivity index (χ0) is 21.0. The molecule has 8 heteroatoms. The van der Waals surface area contributed by atoms with Gasteiger partial charge >= 0.3 is 5.97 Å². The molecule has 8 nitrogen and oxygen atoms in total. The third-order valence-electron chi connectivity index (χ3n) is 4.86. The Hall–Kier alpha value is -3.03. The lowest BCUT2D eigenvalue weighted by Crippen LogP contribution is -2.34. The summed E-state index contributed by atoms with van der Waals surface area (Å²) in [4.78, 5) is 39.5. The van der Waals surface area contributed by atoms with Crippen molar-refractivity contribution in [2.24, 2.45) is 0 Å². The Kier molecular flexibility index (Phi) is 6.41. The smallest absolute Gasteiger partial charge is 0.343 e. The van der Waals surface area contributed by atoms with Crippen LogP contribution in [0.15, 0.2) is 33.7 Å².